The molecule has 478 valence electrons. The minimum Gasteiger partial charge on any atom is -0.449 e. The van der Waals surface area contributed by atoms with E-state index in [0.29, 0.717) is 61.4 Å². The Kier molecular flexibility index (Phi) is 28.0. The number of anilines is 1. The number of hydroxylamine groups is 1. The Bertz CT molecular complexity index is 2570. The van der Waals surface area contributed by atoms with E-state index in [1.165, 1.54) is 19.8 Å². The maximum absolute atomic E-state index is 14.5. The van der Waals surface area contributed by atoms with Crippen LogP contribution in [-0.2, 0) is 65.6 Å². The number of methoxy groups -OCH3 is 2. The summed E-state index contributed by atoms with van der Waals surface area (Å²) in [6.45, 7) is 18.0. The monoisotopic (exact) mass is 1200 g/mol. The van der Waals surface area contributed by atoms with Gasteiger partial charge in [0.05, 0.1) is 55.9 Å². The van der Waals surface area contributed by atoms with Gasteiger partial charge in [-0.2, -0.15) is 0 Å². The number of allylic oxidation sites excluding steroid dienone is 2. The number of alkyl carbamates (subject to hydrolysis) is 1. The second kappa shape index (κ2) is 34.2. The summed E-state index contributed by atoms with van der Waals surface area (Å²) in [7, 11) is 8.44. The molecule has 5 rings (SSSR count). The van der Waals surface area contributed by atoms with E-state index >= 15 is 0 Å². The lowest BCUT2D eigenvalue weighted by molar-refractivity contribution is -0.148. The summed E-state index contributed by atoms with van der Waals surface area (Å²) in [5.74, 6) is -2.14. The molecule has 2 aromatic carbocycles. The Morgan fingerprint density at radius 3 is 2.07 bits per heavy atom. The molecule has 2 aromatic rings. The van der Waals surface area contributed by atoms with Crippen LogP contribution in [0.25, 0.3) is 0 Å². The van der Waals surface area contributed by atoms with Crippen molar-refractivity contribution in [3.05, 3.63) is 77.4 Å². The lowest BCUT2D eigenvalue weighted by Crippen LogP contribution is -2.59. The number of likely N-dealkylation sites (tertiary alicyclic amines) is 1. The highest BCUT2D eigenvalue weighted by molar-refractivity contribution is 5.97. The van der Waals surface area contributed by atoms with E-state index < -0.39 is 84.1 Å². The Morgan fingerprint density at radius 2 is 1.44 bits per heavy atom. The van der Waals surface area contributed by atoms with Crippen molar-refractivity contribution >= 4 is 53.1 Å². The molecule has 1 saturated heterocycles. The summed E-state index contributed by atoms with van der Waals surface area (Å²) in [4.78, 5) is 120. The number of benzene rings is 2. The van der Waals surface area contributed by atoms with Gasteiger partial charge < -0.3 is 50.6 Å². The van der Waals surface area contributed by atoms with Crippen LogP contribution in [0.5, 0.6) is 0 Å². The number of carbonyl (C=O) groups excluding carboxylic acids is 8. The summed E-state index contributed by atoms with van der Waals surface area (Å²) in [5.41, 5.74) is 5.85. The molecule has 21 nitrogen and oxygen atoms in total. The predicted octanol–water partition coefficient (Wildman–Crippen LogP) is 6.55. The van der Waals surface area contributed by atoms with Gasteiger partial charge in [-0.1, -0.05) is 109 Å². The normalized spacial score (nSPS) is 21.3. The average Bonchev–Trinajstić information content (AvgIpc) is 1.86. The second-order valence-electron chi connectivity index (χ2n) is 24.9. The molecule has 13 atom stereocenters. The largest absolute Gasteiger partial charge is 0.449 e. The van der Waals surface area contributed by atoms with Crippen LogP contribution in [0.4, 0.5) is 10.5 Å². The zero-order valence-corrected chi connectivity index (χ0v) is 53.6. The number of hydrogen-bond acceptors (Lipinski definition) is 13. The van der Waals surface area contributed by atoms with Gasteiger partial charge in [0.15, 0.2) is 0 Å². The molecule has 1 heterocycles. The third-order valence-corrected chi connectivity index (χ3v) is 17.7. The van der Waals surface area contributed by atoms with E-state index in [1.807, 2.05) is 90.9 Å². The van der Waals surface area contributed by atoms with Gasteiger partial charge in [0.25, 0.3) is 5.91 Å². The molecule has 2 fully saturated rings. The Hall–Kier alpha value is -6.42. The highest BCUT2D eigenvalue weighted by atomic mass is 16.7. The van der Waals surface area contributed by atoms with Crippen molar-refractivity contribution in [3.63, 3.8) is 0 Å². The number of fused-ring (bicyclic) bond motifs is 1. The lowest BCUT2D eigenvalue weighted by atomic mass is 9.89. The number of ether oxygens (including phenoxy) is 3. The smallest absolute Gasteiger partial charge is 0.407 e. The van der Waals surface area contributed by atoms with E-state index in [9.17, 15) is 38.4 Å². The molecular formula is C65H101N9O12. The van der Waals surface area contributed by atoms with Gasteiger partial charge >= 0.3 is 6.09 Å². The van der Waals surface area contributed by atoms with Crippen LogP contribution in [0.2, 0.25) is 0 Å². The summed E-state index contributed by atoms with van der Waals surface area (Å²) < 4.78 is 17.6. The fourth-order valence-electron chi connectivity index (χ4n) is 12.5. The molecule has 0 bridgehead atoms. The van der Waals surface area contributed by atoms with Crippen molar-refractivity contribution in [1.29, 1.82) is 0 Å². The molecule has 0 spiro atoms. The third-order valence-electron chi connectivity index (χ3n) is 17.7. The second-order valence-corrected chi connectivity index (χ2v) is 24.9. The van der Waals surface area contributed by atoms with Crippen molar-refractivity contribution in [2.75, 3.05) is 60.4 Å². The molecular weight excluding hydrogens is 1100 g/mol. The molecule has 0 aromatic heterocycles. The molecule has 86 heavy (non-hydrogen) atoms. The van der Waals surface area contributed by atoms with Gasteiger partial charge in [0, 0.05) is 52.9 Å². The first-order chi connectivity index (χ1) is 40.9. The third kappa shape index (κ3) is 20.3. The molecule has 3 aliphatic rings. The molecule has 1 aliphatic heterocycles. The quantitative estimate of drug-likeness (QED) is 0.0336. The topological polar surface area (TPSA) is 255 Å². The van der Waals surface area contributed by atoms with Crippen molar-refractivity contribution in [2.45, 2.75) is 182 Å². The molecule has 21 heteroatoms. The van der Waals surface area contributed by atoms with Gasteiger partial charge in [0.2, 0.25) is 35.4 Å². The molecule has 2 aliphatic carbocycles. The van der Waals surface area contributed by atoms with Gasteiger partial charge in [-0.3, -0.25) is 43.3 Å². The van der Waals surface area contributed by atoms with Crippen LogP contribution in [0.3, 0.4) is 0 Å². The van der Waals surface area contributed by atoms with Crippen molar-refractivity contribution < 1.29 is 57.4 Å². The molecule has 1 saturated carbocycles. The van der Waals surface area contributed by atoms with Crippen molar-refractivity contribution in [2.24, 2.45) is 41.4 Å². The first-order valence-electron chi connectivity index (χ1n) is 31.0. The number of likely N-dealkylation sites (N-methyl/N-ethyl adjacent to an activating group) is 2. The fraction of sp³-hybridized carbons (Fsp3) is 0.662. The maximum atomic E-state index is 14.5. The number of hydrogen-bond donors (Lipinski definition) is 6. The van der Waals surface area contributed by atoms with Crippen LogP contribution >= 0.6 is 0 Å². The Morgan fingerprint density at radius 1 is 0.756 bits per heavy atom. The zero-order valence-electron chi connectivity index (χ0n) is 53.6. The van der Waals surface area contributed by atoms with Crippen LogP contribution in [0, 0.1) is 41.4 Å². The van der Waals surface area contributed by atoms with Crippen LogP contribution in [0.15, 0.2) is 66.2 Å². The molecule has 8 amide bonds. The number of rotatable bonds is 32. The zero-order chi connectivity index (χ0) is 63.4. The van der Waals surface area contributed by atoms with Crippen LogP contribution in [0.1, 0.15) is 131 Å². The van der Waals surface area contributed by atoms with Gasteiger partial charge in [-0.25, -0.2) is 10.3 Å². The van der Waals surface area contributed by atoms with Crippen LogP contribution in [-0.4, -0.2) is 166 Å². The van der Waals surface area contributed by atoms with E-state index in [0.717, 1.165) is 31.2 Å². The molecule has 6 N–H and O–H groups in total. The molecule has 3 unspecified atom stereocenters. The first kappa shape index (κ1) is 70.3. The average molecular weight is 1200 g/mol. The summed E-state index contributed by atoms with van der Waals surface area (Å²) in [6.07, 6.45) is 6.69. The number of nitrogens with zero attached hydrogens (tertiary/aromatic N) is 3. The number of nitrogens with one attached hydrogen (secondary N) is 6. The minimum atomic E-state index is -1.06. The Balaban J connectivity index is 1.12. The van der Waals surface area contributed by atoms with E-state index in [2.05, 4.69) is 45.1 Å². The van der Waals surface area contributed by atoms with E-state index in [1.54, 1.807) is 55.0 Å². The lowest BCUT2D eigenvalue weighted by Gasteiger charge is -2.41. The van der Waals surface area contributed by atoms with Gasteiger partial charge in [0.1, 0.15) is 18.1 Å². The fourth-order valence-corrected chi connectivity index (χ4v) is 12.5. The van der Waals surface area contributed by atoms with E-state index in [-0.39, 0.29) is 67.9 Å². The molecule has 0 radical (unpaired) electrons. The highest BCUT2D eigenvalue weighted by Crippen LogP contribution is 2.53. The van der Waals surface area contributed by atoms with Crippen molar-refractivity contribution in [1.82, 2.24) is 41.4 Å². The summed E-state index contributed by atoms with van der Waals surface area (Å²) >= 11 is 0. The predicted molar refractivity (Wildman–Crippen MR) is 330 cm³/mol. The van der Waals surface area contributed by atoms with Crippen LogP contribution < -0.4 is 32.1 Å². The number of amides is 8. The van der Waals surface area contributed by atoms with E-state index in [4.69, 9.17) is 19.0 Å². The van der Waals surface area contributed by atoms with Gasteiger partial charge in [-0.05, 0) is 125 Å². The van der Waals surface area contributed by atoms with Crippen molar-refractivity contribution in [3.8, 4) is 0 Å². The number of carbonyl (C=O) groups is 8. The standard InChI is InChI=1S/C65H101N9O12/c1-15-42(7)58(73(12)64(81)56(39(2)3)70-63(80)57(40(4)5)72(10)11)53(83-13)36-55(76)74-34-20-25-52(74)59(84-14)43(8)60(77)69-51(35-45-22-17-16-18-23-45)62(79)71-86-37-46-27-29-47(30-28-46)68-61(78)44(9)67-54(75)32-33-66-65(82)85-38-50-48-24-19-21-41(6)26-31-49(48)50/h16-18,21-23,27-30,39-40,42-44,48-53,56-59H,15,19-20,24-26,31-38H2,1-14H3,(H,66,82)(H,67,75)(H,68,78)(H,69,77)(H,70,80)(H,71,79)/b41-21-/t42-,43+,44+,48?,49?,50?,51-,52-,53+,56-,57-,58-,59+/m0/s1. The Labute approximate surface area is 510 Å². The minimum absolute atomic E-state index is 0.00749. The SMILES string of the molecule is CC[C@H](C)[C@@H]([C@@H](CC(=O)N1CCC[C@H]1[C@H](OC)[C@@H](C)C(=O)N[C@@H](Cc1ccccc1)C(=O)NOCc1ccc(NC(=O)[C@@H](C)NC(=O)CCNC(=O)OCC2C3CC/C=C(/C)CCC32)cc1)OC)N(C)C(=O)[C@@H](NC(=O)[C@H](C(C)C)N(C)C)C(C)C. The summed E-state index contributed by atoms with van der Waals surface area (Å²) in [5, 5.41) is 14.0. The first-order valence-corrected chi connectivity index (χ1v) is 31.0. The maximum Gasteiger partial charge on any atom is 0.407 e. The highest BCUT2D eigenvalue weighted by Gasteiger charge is 2.49. The van der Waals surface area contributed by atoms with Gasteiger partial charge in [-0.15, -0.1) is 0 Å². The summed E-state index contributed by atoms with van der Waals surface area (Å²) in [6, 6.07) is 11.8.